The summed E-state index contributed by atoms with van der Waals surface area (Å²) in [6.45, 7) is 2.67. The molecule has 1 rings (SSSR count). The predicted octanol–water partition coefficient (Wildman–Crippen LogP) is 5.15. The zero-order valence-corrected chi connectivity index (χ0v) is 11.4. The number of rotatable bonds is 10. The molecule has 0 saturated carbocycles. The summed E-state index contributed by atoms with van der Waals surface area (Å²) >= 11 is 0. The second-order valence-corrected chi connectivity index (χ2v) is 4.75. The van der Waals surface area contributed by atoms with Crippen LogP contribution in [0.5, 0.6) is 5.75 Å². The molecule has 0 heterocycles. The van der Waals surface area contributed by atoms with Crippen molar-refractivity contribution >= 4 is 0 Å². The van der Waals surface area contributed by atoms with Crippen LogP contribution in [0.15, 0.2) is 30.3 Å². The third-order valence-electron chi connectivity index (χ3n) is 3.06. The molecular weight excluding hydrogens is 227 g/mol. The number of unbranched alkanes of at least 4 members (excludes halogenated alkanes) is 4. The van der Waals surface area contributed by atoms with E-state index in [1.54, 1.807) is 0 Å². The van der Waals surface area contributed by atoms with E-state index < -0.39 is 6.17 Å². The van der Waals surface area contributed by atoms with Crippen LogP contribution >= 0.6 is 0 Å². The quantitative estimate of drug-likeness (QED) is 0.523. The summed E-state index contributed by atoms with van der Waals surface area (Å²) in [4.78, 5) is 0. The zero-order chi connectivity index (χ0) is 13.1. The maximum absolute atomic E-state index is 13.5. The van der Waals surface area contributed by atoms with Crippen molar-refractivity contribution in [3.05, 3.63) is 30.3 Å². The molecule has 1 atom stereocenters. The highest BCUT2D eigenvalue weighted by atomic mass is 19.1. The molecule has 2 heteroatoms. The van der Waals surface area contributed by atoms with Crippen LogP contribution in [0.4, 0.5) is 4.39 Å². The van der Waals surface area contributed by atoms with Gasteiger partial charge in [0.05, 0.1) is 6.61 Å². The summed E-state index contributed by atoms with van der Waals surface area (Å²) in [6, 6.07) is 9.60. The summed E-state index contributed by atoms with van der Waals surface area (Å²) in [5.74, 6) is 0.827. The topological polar surface area (TPSA) is 9.23 Å². The van der Waals surface area contributed by atoms with Gasteiger partial charge in [-0.25, -0.2) is 4.39 Å². The second kappa shape index (κ2) is 9.93. The predicted molar refractivity (Wildman–Crippen MR) is 74.8 cm³/mol. The Morgan fingerprint density at radius 1 is 1.00 bits per heavy atom. The maximum atomic E-state index is 13.5. The first kappa shape index (κ1) is 15.0. The number of ether oxygens (including phenoxy) is 1. The van der Waals surface area contributed by atoms with Gasteiger partial charge in [0, 0.05) is 6.42 Å². The molecule has 0 aliphatic heterocycles. The van der Waals surface area contributed by atoms with Gasteiger partial charge in [-0.2, -0.15) is 0 Å². The lowest BCUT2D eigenvalue weighted by Crippen LogP contribution is -2.07. The van der Waals surface area contributed by atoms with Crippen molar-refractivity contribution < 1.29 is 9.13 Å². The van der Waals surface area contributed by atoms with Gasteiger partial charge in [0.25, 0.3) is 0 Å². The van der Waals surface area contributed by atoms with Crippen LogP contribution in [-0.2, 0) is 0 Å². The molecule has 0 N–H and O–H groups in total. The van der Waals surface area contributed by atoms with Gasteiger partial charge in [-0.1, -0.05) is 57.2 Å². The third kappa shape index (κ3) is 7.31. The van der Waals surface area contributed by atoms with Crippen LogP contribution in [0.25, 0.3) is 0 Å². The Morgan fingerprint density at radius 2 is 1.72 bits per heavy atom. The van der Waals surface area contributed by atoms with Crippen molar-refractivity contribution in [2.45, 2.75) is 58.0 Å². The number of benzene rings is 1. The normalized spacial score (nSPS) is 12.3. The summed E-state index contributed by atoms with van der Waals surface area (Å²) in [5, 5.41) is 0. The number of para-hydroxylation sites is 1. The van der Waals surface area contributed by atoms with E-state index in [-0.39, 0.29) is 0 Å². The van der Waals surface area contributed by atoms with Crippen molar-refractivity contribution in [2.75, 3.05) is 6.61 Å². The molecule has 0 fully saturated rings. The summed E-state index contributed by atoms with van der Waals surface area (Å²) in [7, 11) is 0. The van der Waals surface area contributed by atoms with Crippen LogP contribution in [0.2, 0.25) is 0 Å². The number of hydrogen-bond acceptors (Lipinski definition) is 1. The van der Waals surface area contributed by atoms with E-state index in [4.69, 9.17) is 4.74 Å². The molecule has 102 valence electrons. The van der Waals surface area contributed by atoms with E-state index in [2.05, 4.69) is 6.92 Å². The van der Waals surface area contributed by atoms with Gasteiger partial charge in [-0.05, 0) is 18.6 Å². The highest BCUT2D eigenvalue weighted by Crippen LogP contribution is 2.13. The SMILES string of the molecule is CCCCCCCC(F)CCOc1ccccc1. The first-order valence-corrected chi connectivity index (χ1v) is 7.15. The van der Waals surface area contributed by atoms with Gasteiger partial charge < -0.3 is 4.74 Å². The fraction of sp³-hybridized carbons (Fsp3) is 0.625. The van der Waals surface area contributed by atoms with Crippen LogP contribution < -0.4 is 4.74 Å². The molecule has 18 heavy (non-hydrogen) atoms. The first-order valence-electron chi connectivity index (χ1n) is 7.15. The molecular formula is C16H25FO. The van der Waals surface area contributed by atoms with Crippen molar-refractivity contribution in [3.8, 4) is 5.75 Å². The number of halogens is 1. The van der Waals surface area contributed by atoms with E-state index in [0.29, 0.717) is 19.4 Å². The average Bonchev–Trinajstić information content (AvgIpc) is 2.40. The first-order chi connectivity index (χ1) is 8.83. The lowest BCUT2D eigenvalue weighted by atomic mass is 10.1. The van der Waals surface area contributed by atoms with Gasteiger partial charge in [-0.3, -0.25) is 0 Å². The summed E-state index contributed by atoms with van der Waals surface area (Å²) < 4.78 is 19.0. The Balaban J connectivity index is 1.98. The Kier molecular flexibility index (Phi) is 8.28. The van der Waals surface area contributed by atoms with Crippen molar-refractivity contribution in [1.82, 2.24) is 0 Å². The molecule has 0 aliphatic carbocycles. The minimum atomic E-state index is -0.713. The van der Waals surface area contributed by atoms with Crippen molar-refractivity contribution in [2.24, 2.45) is 0 Å². The Hall–Kier alpha value is -1.05. The monoisotopic (exact) mass is 252 g/mol. The molecule has 0 spiro atoms. The average molecular weight is 252 g/mol. The van der Waals surface area contributed by atoms with Crippen LogP contribution in [0.1, 0.15) is 51.9 Å². The Labute approximate surface area is 110 Å². The van der Waals surface area contributed by atoms with Crippen LogP contribution in [0, 0.1) is 0 Å². The van der Waals surface area contributed by atoms with E-state index >= 15 is 0 Å². The third-order valence-corrected chi connectivity index (χ3v) is 3.06. The van der Waals surface area contributed by atoms with Crippen LogP contribution in [-0.4, -0.2) is 12.8 Å². The van der Waals surface area contributed by atoms with E-state index in [9.17, 15) is 4.39 Å². The van der Waals surface area contributed by atoms with Gasteiger partial charge in [-0.15, -0.1) is 0 Å². The Morgan fingerprint density at radius 3 is 2.44 bits per heavy atom. The molecule has 0 saturated heterocycles. The van der Waals surface area contributed by atoms with E-state index in [0.717, 1.165) is 18.6 Å². The van der Waals surface area contributed by atoms with Crippen molar-refractivity contribution in [3.63, 3.8) is 0 Å². The lowest BCUT2D eigenvalue weighted by Gasteiger charge is -2.09. The van der Waals surface area contributed by atoms with Gasteiger partial charge in [0.15, 0.2) is 0 Å². The van der Waals surface area contributed by atoms with Crippen LogP contribution in [0.3, 0.4) is 0 Å². The highest BCUT2D eigenvalue weighted by Gasteiger charge is 2.06. The fourth-order valence-electron chi connectivity index (χ4n) is 1.94. The standard InChI is InChI=1S/C16H25FO/c1-2-3-4-5-7-10-15(17)13-14-18-16-11-8-6-9-12-16/h6,8-9,11-12,15H,2-5,7,10,13-14H2,1H3. The second-order valence-electron chi connectivity index (χ2n) is 4.75. The highest BCUT2D eigenvalue weighted by molar-refractivity contribution is 5.20. The van der Waals surface area contributed by atoms with E-state index in [1.165, 1.54) is 19.3 Å². The minimum Gasteiger partial charge on any atom is -0.493 e. The van der Waals surface area contributed by atoms with Gasteiger partial charge in [0.1, 0.15) is 11.9 Å². The molecule has 1 aromatic carbocycles. The lowest BCUT2D eigenvalue weighted by molar-refractivity contribution is 0.222. The molecule has 0 radical (unpaired) electrons. The molecule has 1 nitrogen and oxygen atoms in total. The molecule has 0 aliphatic rings. The molecule has 0 aromatic heterocycles. The van der Waals surface area contributed by atoms with Crippen molar-refractivity contribution in [1.29, 1.82) is 0 Å². The molecule has 0 amide bonds. The van der Waals surface area contributed by atoms with E-state index in [1.807, 2.05) is 30.3 Å². The smallest absolute Gasteiger partial charge is 0.119 e. The number of alkyl halides is 1. The molecule has 1 aromatic rings. The van der Waals surface area contributed by atoms with Gasteiger partial charge >= 0.3 is 0 Å². The summed E-state index contributed by atoms with van der Waals surface area (Å²) in [6.07, 6.45) is 6.39. The minimum absolute atomic E-state index is 0.472. The Bertz CT molecular complexity index is 286. The fourth-order valence-corrected chi connectivity index (χ4v) is 1.94. The number of hydrogen-bond donors (Lipinski definition) is 0. The molecule has 1 unspecified atom stereocenters. The largest absolute Gasteiger partial charge is 0.493 e. The zero-order valence-electron chi connectivity index (χ0n) is 11.4. The maximum Gasteiger partial charge on any atom is 0.119 e. The van der Waals surface area contributed by atoms with Gasteiger partial charge in [0.2, 0.25) is 0 Å². The summed E-state index contributed by atoms with van der Waals surface area (Å²) in [5.41, 5.74) is 0. The molecule has 0 bridgehead atoms.